The van der Waals surface area contributed by atoms with Gasteiger partial charge in [-0.2, -0.15) is 0 Å². The van der Waals surface area contributed by atoms with Crippen molar-refractivity contribution in [3.63, 3.8) is 0 Å². The number of rotatable bonds is 6. The minimum absolute atomic E-state index is 0.0839. The Morgan fingerprint density at radius 1 is 1.15 bits per heavy atom. The minimum Gasteiger partial charge on any atom is -0.316 e. The number of hydrogen-bond acceptors (Lipinski definition) is 5. The van der Waals surface area contributed by atoms with Crippen molar-refractivity contribution in [3.05, 3.63) is 54.1 Å². The van der Waals surface area contributed by atoms with Crippen molar-refractivity contribution in [2.75, 3.05) is 11.8 Å². The molecule has 0 aliphatic heterocycles. The summed E-state index contributed by atoms with van der Waals surface area (Å²) < 4.78 is 26.6. The van der Waals surface area contributed by atoms with E-state index in [1.807, 2.05) is 25.2 Å². The van der Waals surface area contributed by atoms with Crippen LogP contribution in [0.15, 0.2) is 43.0 Å². The van der Waals surface area contributed by atoms with E-state index in [-0.39, 0.29) is 5.75 Å². The van der Waals surface area contributed by atoms with Crippen molar-refractivity contribution in [1.29, 1.82) is 0 Å². The van der Waals surface area contributed by atoms with Crippen molar-refractivity contribution in [1.82, 2.24) is 15.3 Å². The standard InChI is InChI=1S/C13H16N4O2S/c1-14-6-11-3-2-4-12(5-11)9-20(18,19)17-13-7-15-10-16-8-13/h2-5,7-8,10,14,17H,6,9H2,1H3. The fourth-order valence-corrected chi connectivity index (χ4v) is 2.98. The molecule has 0 aliphatic rings. The van der Waals surface area contributed by atoms with Crippen LogP contribution in [0.1, 0.15) is 11.1 Å². The van der Waals surface area contributed by atoms with Gasteiger partial charge in [0.1, 0.15) is 6.33 Å². The highest BCUT2D eigenvalue weighted by atomic mass is 32.2. The number of sulfonamides is 1. The lowest BCUT2D eigenvalue weighted by molar-refractivity contribution is 0.600. The minimum atomic E-state index is -3.47. The van der Waals surface area contributed by atoms with E-state index >= 15 is 0 Å². The number of anilines is 1. The Kier molecular flexibility index (Phi) is 4.65. The van der Waals surface area contributed by atoms with E-state index in [9.17, 15) is 8.42 Å². The van der Waals surface area contributed by atoms with Crippen LogP contribution in [0.5, 0.6) is 0 Å². The molecule has 6 nitrogen and oxygen atoms in total. The van der Waals surface area contributed by atoms with Gasteiger partial charge in [-0.05, 0) is 18.2 Å². The van der Waals surface area contributed by atoms with Crippen LogP contribution < -0.4 is 10.0 Å². The molecule has 0 bridgehead atoms. The maximum absolute atomic E-state index is 12.1. The number of hydrogen-bond donors (Lipinski definition) is 2. The third-order valence-electron chi connectivity index (χ3n) is 2.56. The van der Waals surface area contributed by atoms with Gasteiger partial charge in [-0.25, -0.2) is 18.4 Å². The van der Waals surface area contributed by atoms with Crippen LogP contribution >= 0.6 is 0 Å². The lowest BCUT2D eigenvalue weighted by Gasteiger charge is -2.08. The second-order valence-corrected chi connectivity index (χ2v) is 6.06. The molecule has 0 fully saturated rings. The number of benzene rings is 1. The van der Waals surface area contributed by atoms with Crippen molar-refractivity contribution in [2.24, 2.45) is 0 Å². The molecule has 1 heterocycles. The molecule has 0 radical (unpaired) electrons. The third kappa shape index (κ3) is 4.29. The molecule has 1 aromatic heterocycles. The smallest absolute Gasteiger partial charge is 0.237 e. The fourth-order valence-electron chi connectivity index (χ4n) is 1.82. The van der Waals surface area contributed by atoms with Gasteiger partial charge in [0.15, 0.2) is 0 Å². The first-order chi connectivity index (χ1) is 9.59. The average molecular weight is 292 g/mol. The Labute approximate surface area is 118 Å². The molecule has 7 heteroatoms. The van der Waals surface area contributed by atoms with E-state index < -0.39 is 10.0 Å². The van der Waals surface area contributed by atoms with E-state index in [0.717, 1.165) is 11.1 Å². The summed E-state index contributed by atoms with van der Waals surface area (Å²) in [6.45, 7) is 0.702. The maximum Gasteiger partial charge on any atom is 0.237 e. The predicted molar refractivity (Wildman–Crippen MR) is 77.5 cm³/mol. The Morgan fingerprint density at radius 2 is 1.85 bits per heavy atom. The zero-order valence-electron chi connectivity index (χ0n) is 11.1. The van der Waals surface area contributed by atoms with Gasteiger partial charge in [0, 0.05) is 6.54 Å². The molecule has 1 aromatic carbocycles. The van der Waals surface area contributed by atoms with Gasteiger partial charge >= 0.3 is 0 Å². The summed E-state index contributed by atoms with van der Waals surface area (Å²) in [4.78, 5) is 7.54. The quantitative estimate of drug-likeness (QED) is 0.834. The van der Waals surface area contributed by atoms with Crippen LogP contribution in [0, 0.1) is 0 Å². The SMILES string of the molecule is CNCc1cccc(CS(=O)(=O)Nc2cncnc2)c1. The van der Waals surface area contributed by atoms with Crippen molar-refractivity contribution in [2.45, 2.75) is 12.3 Å². The summed E-state index contributed by atoms with van der Waals surface area (Å²) in [5.41, 5.74) is 2.14. The first-order valence-electron chi connectivity index (χ1n) is 6.07. The summed E-state index contributed by atoms with van der Waals surface area (Å²) in [5.74, 6) is -0.0839. The first-order valence-corrected chi connectivity index (χ1v) is 7.72. The Balaban J connectivity index is 2.10. The van der Waals surface area contributed by atoms with Crippen molar-refractivity contribution >= 4 is 15.7 Å². The van der Waals surface area contributed by atoms with Crippen LogP contribution in [0.25, 0.3) is 0 Å². The van der Waals surface area contributed by atoms with Gasteiger partial charge in [-0.15, -0.1) is 0 Å². The highest BCUT2D eigenvalue weighted by molar-refractivity contribution is 7.91. The molecule has 0 aliphatic carbocycles. The maximum atomic E-state index is 12.1. The lowest BCUT2D eigenvalue weighted by atomic mass is 10.1. The summed E-state index contributed by atoms with van der Waals surface area (Å²) in [7, 11) is -1.62. The molecular formula is C13H16N4O2S. The van der Waals surface area contributed by atoms with Crippen LogP contribution in [0.4, 0.5) is 5.69 Å². The predicted octanol–water partition coefficient (Wildman–Crippen LogP) is 1.14. The Hall–Kier alpha value is -1.99. The van der Waals surface area contributed by atoms with Gasteiger partial charge in [0.25, 0.3) is 0 Å². The third-order valence-corrected chi connectivity index (χ3v) is 3.82. The number of nitrogens with zero attached hydrogens (tertiary/aromatic N) is 2. The molecule has 0 unspecified atom stereocenters. The van der Waals surface area contributed by atoms with Gasteiger partial charge in [0.2, 0.25) is 10.0 Å². The molecule has 0 saturated heterocycles. The summed E-state index contributed by atoms with van der Waals surface area (Å²) in [5, 5.41) is 3.03. The molecule has 20 heavy (non-hydrogen) atoms. The molecule has 0 atom stereocenters. The van der Waals surface area contributed by atoms with E-state index in [1.54, 1.807) is 6.07 Å². The highest BCUT2D eigenvalue weighted by Crippen LogP contribution is 2.12. The molecule has 2 N–H and O–H groups in total. The molecule has 0 spiro atoms. The monoisotopic (exact) mass is 292 g/mol. The van der Waals surface area contributed by atoms with Gasteiger partial charge in [-0.3, -0.25) is 4.72 Å². The second kappa shape index (κ2) is 6.44. The summed E-state index contributed by atoms with van der Waals surface area (Å²) in [6.07, 6.45) is 4.18. The Bertz CT molecular complexity index is 659. The van der Waals surface area contributed by atoms with Crippen LogP contribution in [0.3, 0.4) is 0 Å². The summed E-state index contributed by atoms with van der Waals surface area (Å²) >= 11 is 0. The van der Waals surface area contributed by atoms with Crippen LogP contribution in [-0.4, -0.2) is 25.4 Å². The Morgan fingerprint density at radius 3 is 2.55 bits per heavy atom. The molecular weight excluding hydrogens is 276 g/mol. The van der Waals surface area contributed by atoms with E-state index in [0.29, 0.717) is 12.2 Å². The number of aromatic nitrogens is 2. The lowest BCUT2D eigenvalue weighted by Crippen LogP contribution is -2.15. The highest BCUT2D eigenvalue weighted by Gasteiger charge is 2.12. The molecule has 0 amide bonds. The summed E-state index contributed by atoms with van der Waals surface area (Å²) in [6, 6.07) is 7.46. The van der Waals surface area contributed by atoms with E-state index in [1.165, 1.54) is 18.7 Å². The molecule has 0 saturated carbocycles. The largest absolute Gasteiger partial charge is 0.316 e. The zero-order chi connectivity index (χ0) is 14.4. The van der Waals surface area contributed by atoms with E-state index in [4.69, 9.17) is 0 Å². The van der Waals surface area contributed by atoms with E-state index in [2.05, 4.69) is 20.0 Å². The first kappa shape index (κ1) is 14.4. The fraction of sp³-hybridized carbons (Fsp3) is 0.231. The average Bonchev–Trinajstić information content (AvgIpc) is 2.39. The van der Waals surface area contributed by atoms with Crippen molar-refractivity contribution < 1.29 is 8.42 Å². The zero-order valence-corrected chi connectivity index (χ0v) is 11.9. The normalized spacial score (nSPS) is 11.2. The second-order valence-electron chi connectivity index (χ2n) is 4.34. The molecule has 2 aromatic rings. The molecule has 106 valence electrons. The number of nitrogens with one attached hydrogen (secondary N) is 2. The van der Waals surface area contributed by atoms with Crippen LogP contribution in [-0.2, 0) is 22.3 Å². The molecule has 2 rings (SSSR count). The topological polar surface area (TPSA) is 84.0 Å². The van der Waals surface area contributed by atoms with Crippen molar-refractivity contribution in [3.8, 4) is 0 Å². The van der Waals surface area contributed by atoms with Gasteiger partial charge < -0.3 is 5.32 Å². The van der Waals surface area contributed by atoms with Crippen LogP contribution in [0.2, 0.25) is 0 Å². The van der Waals surface area contributed by atoms with Gasteiger partial charge in [-0.1, -0.05) is 24.3 Å². The van der Waals surface area contributed by atoms with Gasteiger partial charge in [0.05, 0.1) is 23.8 Å².